The van der Waals surface area contributed by atoms with Gasteiger partial charge in [-0.3, -0.25) is 4.79 Å². The monoisotopic (exact) mass is 399 g/mol. The lowest BCUT2D eigenvalue weighted by Gasteiger charge is -2.20. The van der Waals surface area contributed by atoms with E-state index in [-0.39, 0.29) is 12.5 Å². The number of imidazole rings is 1. The minimum atomic E-state index is -0.432. The van der Waals surface area contributed by atoms with E-state index in [2.05, 4.69) is 10.3 Å². The number of benzene rings is 2. The van der Waals surface area contributed by atoms with Crippen molar-refractivity contribution >= 4 is 17.5 Å². The topological polar surface area (TPSA) is 65.4 Å². The van der Waals surface area contributed by atoms with Crippen LogP contribution in [0.3, 0.4) is 0 Å². The van der Waals surface area contributed by atoms with Crippen molar-refractivity contribution in [3.05, 3.63) is 76.8 Å². The molecule has 7 heteroatoms. The molecule has 0 spiro atoms. The Morgan fingerprint density at radius 2 is 2.07 bits per heavy atom. The Kier molecular flexibility index (Phi) is 6.21. The van der Waals surface area contributed by atoms with E-state index in [1.807, 2.05) is 49.0 Å². The van der Waals surface area contributed by atoms with E-state index in [1.165, 1.54) is 0 Å². The first-order valence-corrected chi connectivity index (χ1v) is 9.15. The Hall–Kier alpha value is -2.99. The standard InChI is InChI=1S/C21H22ClN3O3/c1-14-11-17(7-8-18(14)22)28-13-19(26)24-20(21-23-9-10-25(21)2)15-5-4-6-16(12-15)27-3/h4-12,20H,13H2,1-3H3,(H,24,26). The number of rotatable bonds is 7. The van der Waals surface area contributed by atoms with Crippen molar-refractivity contribution in [3.63, 3.8) is 0 Å². The van der Waals surface area contributed by atoms with E-state index in [0.717, 1.165) is 11.1 Å². The van der Waals surface area contributed by atoms with Crippen molar-refractivity contribution in [3.8, 4) is 11.5 Å². The van der Waals surface area contributed by atoms with Crippen molar-refractivity contribution in [1.29, 1.82) is 0 Å². The van der Waals surface area contributed by atoms with E-state index in [1.54, 1.807) is 31.5 Å². The molecule has 0 saturated heterocycles. The van der Waals surface area contributed by atoms with Crippen LogP contribution >= 0.6 is 11.6 Å². The number of ether oxygens (including phenoxy) is 2. The summed E-state index contributed by atoms with van der Waals surface area (Å²) in [7, 11) is 3.49. The van der Waals surface area contributed by atoms with Gasteiger partial charge in [-0.2, -0.15) is 0 Å². The first-order valence-electron chi connectivity index (χ1n) is 8.77. The van der Waals surface area contributed by atoms with E-state index in [4.69, 9.17) is 21.1 Å². The van der Waals surface area contributed by atoms with Gasteiger partial charge in [0.1, 0.15) is 23.4 Å². The van der Waals surface area contributed by atoms with Gasteiger partial charge in [0.15, 0.2) is 6.61 Å². The number of hydrogen-bond donors (Lipinski definition) is 1. The molecular formula is C21H22ClN3O3. The molecule has 2 aromatic carbocycles. The number of nitrogens with one attached hydrogen (secondary N) is 1. The zero-order valence-corrected chi connectivity index (χ0v) is 16.7. The van der Waals surface area contributed by atoms with Crippen molar-refractivity contribution < 1.29 is 14.3 Å². The maximum Gasteiger partial charge on any atom is 0.258 e. The van der Waals surface area contributed by atoms with Gasteiger partial charge in [0.05, 0.1) is 7.11 Å². The van der Waals surface area contributed by atoms with Gasteiger partial charge in [-0.25, -0.2) is 4.98 Å². The molecule has 0 bridgehead atoms. The van der Waals surface area contributed by atoms with E-state index >= 15 is 0 Å². The largest absolute Gasteiger partial charge is 0.497 e. The van der Waals surface area contributed by atoms with Gasteiger partial charge in [0.2, 0.25) is 0 Å². The zero-order chi connectivity index (χ0) is 20.1. The van der Waals surface area contributed by atoms with Crippen LogP contribution in [0.2, 0.25) is 5.02 Å². The fourth-order valence-electron chi connectivity index (χ4n) is 2.83. The van der Waals surface area contributed by atoms with Crippen molar-refractivity contribution in [1.82, 2.24) is 14.9 Å². The van der Waals surface area contributed by atoms with Gasteiger partial charge in [0, 0.05) is 24.5 Å². The van der Waals surface area contributed by atoms with Crippen LogP contribution in [0.15, 0.2) is 54.9 Å². The van der Waals surface area contributed by atoms with Crippen LogP contribution in [-0.4, -0.2) is 29.2 Å². The molecule has 0 saturated carbocycles. The van der Waals surface area contributed by atoms with Crippen molar-refractivity contribution in [2.24, 2.45) is 7.05 Å². The van der Waals surface area contributed by atoms with Crippen LogP contribution in [0.25, 0.3) is 0 Å². The summed E-state index contributed by atoms with van der Waals surface area (Å²) >= 11 is 6.02. The second kappa shape index (κ2) is 8.80. The molecule has 0 fully saturated rings. The molecule has 1 heterocycles. The van der Waals surface area contributed by atoms with Gasteiger partial charge in [0.25, 0.3) is 5.91 Å². The summed E-state index contributed by atoms with van der Waals surface area (Å²) < 4.78 is 12.8. The average Bonchev–Trinajstić information content (AvgIpc) is 3.12. The molecule has 0 aliphatic rings. The van der Waals surface area contributed by atoms with Gasteiger partial charge in [-0.15, -0.1) is 0 Å². The van der Waals surface area contributed by atoms with E-state index < -0.39 is 6.04 Å². The molecule has 6 nitrogen and oxygen atoms in total. The lowest BCUT2D eigenvalue weighted by molar-refractivity contribution is -0.123. The Morgan fingerprint density at radius 3 is 2.75 bits per heavy atom. The van der Waals surface area contributed by atoms with Gasteiger partial charge >= 0.3 is 0 Å². The lowest BCUT2D eigenvalue weighted by Crippen LogP contribution is -2.34. The molecule has 1 amide bonds. The third kappa shape index (κ3) is 4.64. The molecular weight excluding hydrogens is 378 g/mol. The maximum atomic E-state index is 12.6. The molecule has 1 atom stereocenters. The highest BCUT2D eigenvalue weighted by Gasteiger charge is 2.21. The van der Waals surface area contributed by atoms with Crippen molar-refractivity contribution in [2.75, 3.05) is 13.7 Å². The highest BCUT2D eigenvalue weighted by atomic mass is 35.5. The number of nitrogens with zero attached hydrogens (tertiary/aromatic N) is 2. The third-order valence-corrected chi connectivity index (χ3v) is 4.77. The van der Waals surface area contributed by atoms with E-state index in [0.29, 0.717) is 22.3 Å². The molecule has 146 valence electrons. The average molecular weight is 400 g/mol. The predicted octanol–water partition coefficient (Wildman–Crippen LogP) is 3.68. The molecule has 1 unspecified atom stereocenters. The molecule has 0 aliphatic carbocycles. The summed E-state index contributed by atoms with van der Waals surface area (Å²) in [6.07, 6.45) is 3.53. The number of amides is 1. The Bertz CT molecular complexity index is 971. The summed E-state index contributed by atoms with van der Waals surface area (Å²) in [5.74, 6) is 1.75. The van der Waals surface area contributed by atoms with Crippen molar-refractivity contribution in [2.45, 2.75) is 13.0 Å². The second-order valence-electron chi connectivity index (χ2n) is 6.37. The normalized spacial score (nSPS) is 11.7. The second-order valence-corrected chi connectivity index (χ2v) is 6.78. The number of hydrogen-bond acceptors (Lipinski definition) is 4. The van der Waals surface area contributed by atoms with Gasteiger partial charge in [-0.1, -0.05) is 23.7 Å². The smallest absolute Gasteiger partial charge is 0.258 e. The van der Waals surface area contributed by atoms with Gasteiger partial charge in [-0.05, 0) is 48.4 Å². The number of carbonyl (C=O) groups excluding carboxylic acids is 1. The van der Waals surface area contributed by atoms with Gasteiger partial charge < -0.3 is 19.4 Å². The molecule has 28 heavy (non-hydrogen) atoms. The van der Waals surface area contributed by atoms with Crippen LogP contribution in [0.4, 0.5) is 0 Å². The Balaban J connectivity index is 1.76. The lowest BCUT2D eigenvalue weighted by atomic mass is 10.1. The molecule has 1 aromatic heterocycles. The summed E-state index contributed by atoms with van der Waals surface area (Å²) in [6, 6.07) is 12.4. The number of halogens is 1. The highest BCUT2D eigenvalue weighted by Crippen LogP contribution is 2.24. The fraction of sp³-hybridized carbons (Fsp3) is 0.238. The third-order valence-electron chi connectivity index (χ3n) is 4.35. The van der Waals surface area contributed by atoms with Crippen LogP contribution in [0.1, 0.15) is 23.0 Å². The highest BCUT2D eigenvalue weighted by molar-refractivity contribution is 6.31. The molecule has 0 aliphatic heterocycles. The quantitative estimate of drug-likeness (QED) is 0.658. The van der Waals surface area contributed by atoms with Crippen LogP contribution in [0, 0.1) is 6.92 Å². The first-order chi connectivity index (χ1) is 13.5. The minimum Gasteiger partial charge on any atom is -0.497 e. The molecule has 3 rings (SSSR count). The minimum absolute atomic E-state index is 0.119. The molecule has 0 radical (unpaired) electrons. The summed E-state index contributed by atoms with van der Waals surface area (Å²) in [6.45, 7) is 1.77. The fourth-order valence-corrected chi connectivity index (χ4v) is 2.95. The number of aryl methyl sites for hydroxylation is 2. The van der Waals surface area contributed by atoms with Crippen LogP contribution in [0.5, 0.6) is 11.5 Å². The van der Waals surface area contributed by atoms with Crippen LogP contribution < -0.4 is 14.8 Å². The molecule has 3 aromatic rings. The maximum absolute atomic E-state index is 12.6. The predicted molar refractivity (Wildman–Crippen MR) is 108 cm³/mol. The van der Waals surface area contributed by atoms with E-state index in [9.17, 15) is 4.79 Å². The summed E-state index contributed by atoms with van der Waals surface area (Å²) in [4.78, 5) is 17.0. The SMILES string of the molecule is COc1cccc(C(NC(=O)COc2ccc(Cl)c(C)c2)c2nccn2C)c1. The first kappa shape index (κ1) is 19.8. The number of carbonyl (C=O) groups is 1. The zero-order valence-electron chi connectivity index (χ0n) is 16.0. The number of methoxy groups -OCH3 is 1. The molecule has 1 N–H and O–H groups in total. The Labute approximate surface area is 169 Å². The summed E-state index contributed by atoms with van der Waals surface area (Å²) in [5.41, 5.74) is 1.76. The van der Waals surface area contributed by atoms with Crippen LogP contribution in [-0.2, 0) is 11.8 Å². The Morgan fingerprint density at radius 1 is 1.25 bits per heavy atom. The number of aromatic nitrogens is 2. The summed E-state index contributed by atoms with van der Waals surface area (Å²) in [5, 5.41) is 3.65.